The molecule has 0 aliphatic rings. The first kappa shape index (κ1) is 11.2. The van der Waals surface area contributed by atoms with Crippen LogP contribution in [0.15, 0.2) is 42.5 Å². The van der Waals surface area contributed by atoms with E-state index in [9.17, 15) is 0 Å². The minimum Gasteiger partial charge on any atom is -0.494 e. The zero-order chi connectivity index (χ0) is 13.5. The Balaban J connectivity index is 2.08. The molecule has 4 rings (SSSR count). The molecular weight excluding hydrogens is 250 g/mol. The molecule has 0 atom stereocenters. The molecule has 2 aromatic heterocycles. The maximum Gasteiger partial charge on any atom is 0.157 e. The fraction of sp³-hybridized carbons (Fsp3) is 0.125. The third-order valence-corrected chi connectivity index (χ3v) is 3.38. The Morgan fingerprint density at radius 1 is 1.05 bits per heavy atom. The highest BCUT2D eigenvalue weighted by Gasteiger charge is 2.09. The molecule has 0 aliphatic carbocycles. The van der Waals surface area contributed by atoms with Crippen LogP contribution in [0.1, 0.15) is 6.92 Å². The third kappa shape index (κ3) is 1.61. The van der Waals surface area contributed by atoms with E-state index in [0.717, 1.165) is 38.8 Å². The number of rotatable bonds is 2. The Morgan fingerprint density at radius 3 is 2.65 bits per heavy atom. The van der Waals surface area contributed by atoms with E-state index in [1.54, 1.807) is 0 Å². The normalized spacial score (nSPS) is 11.4. The van der Waals surface area contributed by atoms with Gasteiger partial charge in [-0.25, -0.2) is 9.97 Å². The maximum atomic E-state index is 5.56. The van der Waals surface area contributed by atoms with Gasteiger partial charge in [-0.1, -0.05) is 12.1 Å². The van der Waals surface area contributed by atoms with Crippen molar-refractivity contribution >= 4 is 33.1 Å². The molecule has 0 saturated heterocycles. The lowest BCUT2D eigenvalue weighted by Crippen LogP contribution is -1.90. The number of aromatic amines is 1. The summed E-state index contributed by atoms with van der Waals surface area (Å²) >= 11 is 0. The maximum absolute atomic E-state index is 5.56. The van der Waals surface area contributed by atoms with Gasteiger partial charge in [0.05, 0.1) is 17.6 Å². The molecule has 4 nitrogen and oxygen atoms in total. The van der Waals surface area contributed by atoms with Gasteiger partial charge >= 0.3 is 0 Å². The van der Waals surface area contributed by atoms with Crippen molar-refractivity contribution in [1.82, 2.24) is 15.0 Å². The van der Waals surface area contributed by atoms with Gasteiger partial charge in [0.1, 0.15) is 11.3 Å². The minimum absolute atomic E-state index is 0.655. The third-order valence-electron chi connectivity index (χ3n) is 3.38. The van der Waals surface area contributed by atoms with Crippen LogP contribution in [0.25, 0.3) is 33.1 Å². The van der Waals surface area contributed by atoms with Crippen LogP contribution in [0.5, 0.6) is 5.75 Å². The Kier molecular flexibility index (Phi) is 2.36. The summed E-state index contributed by atoms with van der Waals surface area (Å²) in [4.78, 5) is 12.7. The van der Waals surface area contributed by atoms with Crippen LogP contribution in [-0.4, -0.2) is 21.6 Å². The van der Waals surface area contributed by atoms with E-state index >= 15 is 0 Å². The predicted molar refractivity (Wildman–Crippen MR) is 80.1 cm³/mol. The fourth-order valence-corrected chi connectivity index (χ4v) is 2.49. The van der Waals surface area contributed by atoms with Gasteiger partial charge in [-0.15, -0.1) is 0 Å². The largest absolute Gasteiger partial charge is 0.494 e. The summed E-state index contributed by atoms with van der Waals surface area (Å²) in [6, 6.07) is 13.9. The summed E-state index contributed by atoms with van der Waals surface area (Å²) in [5.41, 5.74) is 4.53. The molecule has 0 unspecified atom stereocenters. The molecule has 0 spiro atoms. The highest BCUT2D eigenvalue weighted by molar-refractivity contribution is 6.06. The Labute approximate surface area is 115 Å². The lowest BCUT2D eigenvalue weighted by molar-refractivity contribution is 0.341. The number of H-pyrrole nitrogens is 1. The molecule has 2 heterocycles. The average Bonchev–Trinajstić information content (AvgIpc) is 2.82. The summed E-state index contributed by atoms with van der Waals surface area (Å²) < 4.78 is 5.56. The van der Waals surface area contributed by atoms with Crippen molar-refractivity contribution in [1.29, 1.82) is 0 Å². The first-order valence-electron chi connectivity index (χ1n) is 6.66. The smallest absolute Gasteiger partial charge is 0.157 e. The lowest BCUT2D eigenvalue weighted by atomic mass is 10.2. The number of hydrogen-bond donors (Lipinski definition) is 1. The first-order chi connectivity index (χ1) is 9.85. The molecule has 0 bridgehead atoms. The van der Waals surface area contributed by atoms with Crippen LogP contribution < -0.4 is 4.74 Å². The Bertz CT molecular complexity index is 927. The second kappa shape index (κ2) is 4.20. The van der Waals surface area contributed by atoms with E-state index in [1.165, 1.54) is 0 Å². The molecule has 0 aliphatic heterocycles. The minimum atomic E-state index is 0.655. The standard InChI is InChI=1S/C16H13N3O/c1-2-20-10-7-8-12-11(9-10)15-16(18-12)19-14-6-4-3-5-13(14)17-15/h3-9H,2H2,1H3,(H,18,19). The topological polar surface area (TPSA) is 50.8 Å². The molecule has 4 heteroatoms. The van der Waals surface area contributed by atoms with Crippen LogP contribution in [-0.2, 0) is 0 Å². The second-order valence-corrected chi connectivity index (χ2v) is 4.67. The Hall–Kier alpha value is -2.62. The monoisotopic (exact) mass is 263 g/mol. The van der Waals surface area contributed by atoms with Crippen molar-refractivity contribution in [2.24, 2.45) is 0 Å². The van der Waals surface area contributed by atoms with Crippen molar-refractivity contribution in [3.63, 3.8) is 0 Å². The molecule has 98 valence electrons. The van der Waals surface area contributed by atoms with Gasteiger partial charge < -0.3 is 9.72 Å². The number of aromatic nitrogens is 3. The number of nitrogens with zero attached hydrogens (tertiary/aromatic N) is 2. The Morgan fingerprint density at radius 2 is 1.85 bits per heavy atom. The first-order valence-corrected chi connectivity index (χ1v) is 6.66. The van der Waals surface area contributed by atoms with Gasteiger partial charge in [0.2, 0.25) is 0 Å². The average molecular weight is 263 g/mol. The SMILES string of the molecule is CCOc1ccc2[nH]c3nc4ccccc4nc3c2c1. The zero-order valence-corrected chi connectivity index (χ0v) is 11.1. The number of benzene rings is 2. The van der Waals surface area contributed by atoms with Crippen molar-refractivity contribution in [3.8, 4) is 5.75 Å². The van der Waals surface area contributed by atoms with E-state index in [1.807, 2.05) is 49.4 Å². The van der Waals surface area contributed by atoms with Crippen molar-refractivity contribution in [2.45, 2.75) is 6.92 Å². The van der Waals surface area contributed by atoms with E-state index in [0.29, 0.717) is 6.61 Å². The molecule has 0 radical (unpaired) electrons. The molecule has 20 heavy (non-hydrogen) atoms. The predicted octanol–water partition coefficient (Wildman–Crippen LogP) is 3.66. The van der Waals surface area contributed by atoms with Crippen molar-refractivity contribution in [2.75, 3.05) is 6.61 Å². The van der Waals surface area contributed by atoms with Crippen molar-refractivity contribution < 1.29 is 4.74 Å². The van der Waals surface area contributed by atoms with Gasteiger partial charge in [-0.3, -0.25) is 0 Å². The highest BCUT2D eigenvalue weighted by Crippen LogP contribution is 2.27. The van der Waals surface area contributed by atoms with Gasteiger partial charge in [0, 0.05) is 10.9 Å². The molecule has 1 N–H and O–H groups in total. The summed E-state index contributed by atoms with van der Waals surface area (Å²) in [5.74, 6) is 0.857. The zero-order valence-electron chi connectivity index (χ0n) is 11.1. The highest BCUT2D eigenvalue weighted by atomic mass is 16.5. The summed E-state index contributed by atoms with van der Waals surface area (Å²) in [5, 5.41) is 1.05. The van der Waals surface area contributed by atoms with Crippen LogP contribution in [0.3, 0.4) is 0 Å². The van der Waals surface area contributed by atoms with Crippen LogP contribution >= 0.6 is 0 Å². The fourth-order valence-electron chi connectivity index (χ4n) is 2.49. The molecule has 0 amide bonds. The van der Waals surface area contributed by atoms with Crippen LogP contribution in [0, 0.1) is 0 Å². The van der Waals surface area contributed by atoms with E-state index in [-0.39, 0.29) is 0 Å². The summed E-state index contributed by atoms with van der Waals surface area (Å²) in [7, 11) is 0. The number of para-hydroxylation sites is 2. The quantitative estimate of drug-likeness (QED) is 0.600. The number of nitrogens with one attached hydrogen (secondary N) is 1. The van der Waals surface area contributed by atoms with Gasteiger partial charge in [0.15, 0.2) is 5.65 Å². The van der Waals surface area contributed by atoms with E-state index < -0.39 is 0 Å². The van der Waals surface area contributed by atoms with E-state index in [4.69, 9.17) is 9.72 Å². The second-order valence-electron chi connectivity index (χ2n) is 4.67. The van der Waals surface area contributed by atoms with Gasteiger partial charge in [0.25, 0.3) is 0 Å². The van der Waals surface area contributed by atoms with Crippen molar-refractivity contribution in [3.05, 3.63) is 42.5 Å². The molecule has 2 aromatic carbocycles. The van der Waals surface area contributed by atoms with Gasteiger partial charge in [-0.05, 0) is 37.3 Å². The number of ether oxygens (including phenoxy) is 1. The summed E-state index contributed by atoms with van der Waals surface area (Å²) in [6.45, 7) is 2.63. The summed E-state index contributed by atoms with van der Waals surface area (Å²) in [6.07, 6.45) is 0. The molecule has 0 fully saturated rings. The van der Waals surface area contributed by atoms with Crippen LogP contribution in [0.2, 0.25) is 0 Å². The molecular formula is C16H13N3O. The molecule has 4 aromatic rings. The van der Waals surface area contributed by atoms with E-state index in [2.05, 4.69) is 9.97 Å². The number of hydrogen-bond acceptors (Lipinski definition) is 3. The number of fused-ring (bicyclic) bond motifs is 4. The molecule has 0 saturated carbocycles. The lowest BCUT2D eigenvalue weighted by Gasteiger charge is -2.02. The van der Waals surface area contributed by atoms with Gasteiger partial charge in [-0.2, -0.15) is 0 Å². The van der Waals surface area contributed by atoms with Crippen LogP contribution in [0.4, 0.5) is 0 Å².